The molecule has 1 aromatic carbocycles. The Hall–Kier alpha value is -2.08. The highest BCUT2D eigenvalue weighted by Gasteiger charge is 2.41. The normalized spacial score (nSPS) is 20.4. The maximum absolute atomic E-state index is 12.5. The van der Waals surface area contributed by atoms with Crippen LogP contribution >= 0.6 is 0 Å². The quantitative estimate of drug-likeness (QED) is 0.765. The summed E-state index contributed by atoms with van der Waals surface area (Å²) in [7, 11) is 1.59. The molecule has 2 rings (SSSR count). The van der Waals surface area contributed by atoms with Crippen molar-refractivity contribution in [1.29, 1.82) is 0 Å². The lowest BCUT2D eigenvalue weighted by atomic mass is 9.97. The lowest BCUT2D eigenvalue weighted by Gasteiger charge is -2.24. The molecule has 1 fully saturated rings. The van der Waals surface area contributed by atoms with Gasteiger partial charge in [-0.25, -0.2) is 4.79 Å². The molecule has 6 heteroatoms. The van der Waals surface area contributed by atoms with Crippen LogP contribution in [0.2, 0.25) is 0 Å². The third kappa shape index (κ3) is 5.74. The first kappa shape index (κ1) is 19.2. The zero-order valence-electron chi connectivity index (χ0n) is 15.4. The minimum absolute atomic E-state index is 0.0965. The summed E-state index contributed by atoms with van der Waals surface area (Å²) in [6.45, 7) is 6.79. The van der Waals surface area contributed by atoms with Gasteiger partial charge in [-0.05, 0) is 26.3 Å². The van der Waals surface area contributed by atoms with Gasteiger partial charge in [-0.15, -0.1) is 0 Å². The van der Waals surface area contributed by atoms with Crippen molar-refractivity contribution in [3.05, 3.63) is 35.9 Å². The summed E-state index contributed by atoms with van der Waals surface area (Å²) in [5.74, 6) is -0.811. The molecule has 0 N–H and O–H groups in total. The molecule has 2 atom stereocenters. The van der Waals surface area contributed by atoms with E-state index < -0.39 is 17.6 Å². The predicted molar refractivity (Wildman–Crippen MR) is 92.9 cm³/mol. The monoisotopic (exact) mass is 349 g/mol. The number of esters is 1. The molecular weight excluding hydrogens is 322 g/mol. The van der Waals surface area contributed by atoms with Gasteiger partial charge in [-0.1, -0.05) is 30.3 Å². The first-order chi connectivity index (χ1) is 11.8. The fraction of sp³-hybridized carbons (Fsp3) is 0.579. The number of nitrogens with zero attached hydrogens (tertiary/aromatic N) is 1. The summed E-state index contributed by atoms with van der Waals surface area (Å²) in [5.41, 5.74) is 0.362. The molecule has 0 bridgehead atoms. The Labute approximate surface area is 149 Å². The maximum Gasteiger partial charge on any atom is 0.410 e. The van der Waals surface area contributed by atoms with E-state index in [1.54, 1.807) is 12.0 Å². The van der Waals surface area contributed by atoms with Crippen molar-refractivity contribution in [3.63, 3.8) is 0 Å². The van der Waals surface area contributed by atoms with Crippen molar-refractivity contribution in [3.8, 4) is 0 Å². The van der Waals surface area contributed by atoms with Crippen molar-refractivity contribution in [2.45, 2.75) is 33.0 Å². The second kappa shape index (κ2) is 8.34. The Morgan fingerprint density at radius 1 is 1.16 bits per heavy atom. The van der Waals surface area contributed by atoms with Gasteiger partial charge in [0.1, 0.15) is 12.2 Å². The molecule has 25 heavy (non-hydrogen) atoms. The van der Waals surface area contributed by atoms with Gasteiger partial charge in [0.2, 0.25) is 0 Å². The van der Waals surface area contributed by atoms with Crippen LogP contribution in [0.5, 0.6) is 0 Å². The van der Waals surface area contributed by atoms with Crippen LogP contribution in [0.1, 0.15) is 26.3 Å². The van der Waals surface area contributed by atoms with Crippen LogP contribution in [-0.4, -0.2) is 49.4 Å². The fourth-order valence-corrected chi connectivity index (χ4v) is 2.83. The first-order valence-corrected chi connectivity index (χ1v) is 8.47. The molecule has 0 saturated carbocycles. The molecule has 0 aliphatic carbocycles. The molecule has 1 saturated heterocycles. The highest BCUT2D eigenvalue weighted by atomic mass is 16.6. The summed E-state index contributed by atoms with van der Waals surface area (Å²) in [6, 6.07) is 9.52. The number of amides is 1. The lowest BCUT2D eigenvalue weighted by molar-refractivity contribution is -0.151. The number of hydrogen-bond acceptors (Lipinski definition) is 5. The standard InChI is InChI=1S/C19H27NO5/c1-19(2,3)25-18(22)20-10-15(13-23-4)16(11-20)17(21)24-12-14-8-6-5-7-9-14/h5-9,15-16H,10-13H2,1-4H3/t15-,16-/m1/s1. The first-order valence-electron chi connectivity index (χ1n) is 8.47. The van der Waals surface area contributed by atoms with Crippen LogP contribution in [0, 0.1) is 11.8 Å². The number of carbonyl (C=O) groups is 2. The van der Waals surface area contributed by atoms with E-state index in [0.29, 0.717) is 13.2 Å². The minimum atomic E-state index is -0.570. The van der Waals surface area contributed by atoms with Crippen molar-refractivity contribution in [2.75, 3.05) is 26.8 Å². The second-order valence-electron chi connectivity index (χ2n) is 7.30. The highest BCUT2D eigenvalue weighted by molar-refractivity contribution is 5.76. The summed E-state index contributed by atoms with van der Waals surface area (Å²) < 4.78 is 16.1. The van der Waals surface area contributed by atoms with E-state index in [4.69, 9.17) is 14.2 Å². The Balaban J connectivity index is 1.97. The van der Waals surface area contributed by atoms with Crippen LogP contribution in [0.25, 0.3) is 0 Å². The number of hydrogen-bond donors (Lipinski definition) is 0. The van der Waals surface area contributed by atoms with E-state index in [1.165, 1.54) is 0 Å². The van der Waals surface area contributed by atoms with Crippen LogP contribution in [0.3, 0.4) is 0 Å². The Bertz CT molecular complexity index is 581. The topological polar surface area (TPSA) is 65.1 Å². The van der Waals surface area contributed by atoms with Gasteiger partial charge in [0, 0.05) is 26.1 Å². The van der Waals surface area contributed by atoms with Gasteiger partial charge in [0.25, 0.3) is 0 Å². The molecule has 1 aliphatic rings. The van der Waals surface area contributed by atoms with E-state index in [2.05, 4.69) is 0 Å². The summed E-state index contributed by atoms with van der Waals surface area (Å²) in [6.07, 6.45) is -0.410. The molecule has 0 aromatic heterocycles. The van der Waals surface area contributed by atoms with Gasteiger partial charge in [-0.2, -0.15) is 0 Å². The van der Waals surface area contributed by atoms with Crippen molar-refractivity contribution in [2.24, 2.45) is 11.8 Å². The molecule has 1 aromatic rings. The van der Waals surface area contributed by atoms with Crippen LogP contribution in [-0.2, 0) is 25.6 Å². The SMILES string of the molecule is COC[C@H]1CN(C(=O)OC(C)(C)C)C[C@H]1C(=O)OCc1ccccc1. The van der Waals surface area contributed by atoms with Crippen LogP contribution in [0.4, 0.5) is 4.79 Å². The summed E-state index contributed by atoms with van der Waals surface area (Å²) in [5, 5.41) is 0. The molecule has 138 valence electrons. The van der Waals surface area contributed by atoms with Gasteiger partial charge < -0.3 is 19.1 Å². The molecule has 1 amide bonds. The Kier molecular flexibility index (Phi) is 6.42. The number of ether oxygens (including phenoxy) is 3. The average molecular weight is 349 g/mol. The Morgan fingerprint density at radius 2 is 1.84 bits per heavy atom. The number of benzene rings is 1. The predicted octanol–water partition coefficient (Wildman–Crippen LogP) is 2.86. The van der Waals surface area contributed by atoms with Crippen molar-refractivity contribution < 1.29 is 23.8 Å². The third-order valence-corrected chi connectivity index (χ3v) is 4.00. The molecular formula is C19H27NO5. The van der Waals surface area contributed by atoms with Gasteiger partial charge in [0.15, 0.2) is 0 Å². The molecule has 1 heterocycles. The van der Waals surface area contributed by atoms with E-state index in [1.807, 2.05) is 51.1 Å². The number of carbonyl (C=O) groups excluding carboxylic acids is 2. The lowest BCUT2D eigenvalue weighted by Crippen LogP contribution is -2.36. The maximum atomic E-state index is 12.5. The minimum Gasteiger partial charge on any atom is -0.461 e. The summed E-state index contributed by atoms with van der Waals surface area (Å²) >= 11 is 0. The fourth-order valence-electron chi connectivity index (χ4n) is 2.83. The van der Waals surface area contributed by atoms with Crippen LogP contribution < -0.4 is 0 Å². The van der Waals surface area contributed by atoms with E-state index >= 15 is 0 Å². The highest BCUT2D eigenvalue weighted by Crippen LogP contribution is 2.27. The van der Waals surface area contributed by atoms with Gasteiger partial charge in [0.05, 0.1) is 12.5 Å². The average Bonchev–Trinajstić information content (AvgIpc) is 2.97. The number of methoxy groups -OCH3 is 1. The second-order valence-corrected chi connectivity index (χ2v) is 7.30. The molecule has 0 spiro atoms. The van der Waals surface area contributed by atoms with Crippen molar-refractivity contribution >= 4 is 12.1 Å². The van der Waals surface area contributed by atoms with Crippen molar-refractivity contribution in [1.82, 2.24) is 4.90 Å². The summed E-state index contributed by atoms with van der Waals surface area (Å²) in [4.78, 5) is 26.3. The van der Waals surface area contributed by atoms with Gasteiger partial charge in [-0.3, -0.25) is 4.79 Å². The molecule has 1 aliphatic heterocycles. The number of rotatable bonds is 5. The van der Waals surface area contributed by atoms with E-state index in [0.717, 1.165) is 5.56 Å². The molecule has 0 radical (unpaired) electrons. The smallest absolute Gasteiger partial charge is 0.410 e. The zero-order chi connectivity index (χ0) is 18.4. The third-order valence-electron chi connectivity index (χ3n) is 4.00. The van der Waals surface area contributed by atoms with Crippen LogP contribution in [0.15, 0.2) is 30.3 Å². The molecule has 6 nitrogen and oxygen atoms in total. The molecule has 0 unspecified atom stereocenters. The van der Waals surface area contributed by atoms with E-state index in [9.17, 15) is 9.59 Å². The largest absolute Gasteiger partial charge is 0.461 e. The number of likely N-dealkylation sites (tertiary alicyclic amines) is 1. The zero-order valence-corrected chi connectivity index (χ0v) is 15.4. The Morgan fingerprint density at radius 3 is 2.44 bits per heavy atom. The van der Waals surface area contributed by atoms with E-state index in [-0.39, 0.29) is 25.0 Å². The van der Waals surface area contributed by atoms with Gasteiger partial charge >= 0.3 is 12.1 Å².